The van der Waals surface area contributed by atoms with E-state index in [4.69, 9.17) is 0 Å². The van der Waals surface area contributed by atoms with Gasteiger partial charge in [-0.2, -0.15) is 0 Å². The van der Waals surface area contributed by atoms with Gasteiger partial charge in [0.15, 0.2) is 0 Å². The summed E-state index contributed by atoms with van der Waals surface area (Å²) in [7, 11) is 0. The summed E-state index contributed by atoms with van der Waals surface area (Å²) in [6.07, 6.45) is 14.0. The molecule has 0 saturated heterocycles. The first-order valence-electron chi connectivity index (χ1n) is 3.32. The van der Waals surface area contributed by atoms with Crippen LogP contribution in [0.4, 0.5) is 0 Å². The second-order valence-electron chi connectivity index (χ2n) is 2.14. The van der Waals surface area contributed by atoms with Gasteiger partial charge in [-0.15, -0.1) is 24.0 Å². The van der Waals surface area contributed by atoms with Gasteiger partial charge in [0.25, 0.3) is 0 Å². The molecule has 10 heavy (non-hydrogen) atoms. The minimum atomic E-state index is 0. The Morgan fingerprint density at radius 1 is 0.800 bits per heavy atom. The van der Waals surface area contributed by atoms with Crippen LogP contribution >= 0.6 is 24.0 Å². The minimum Gasteiger partial charge on any atom is -0.107 e. The Bertz CT molecular complexity index is 93.8. The fourth-order valence-corrected chi connectivity index (χ4v) is 0.874. The molecule has 0 heterocycles. The van der Waals surface area contributed by atoms with E-state index in [0.717, 1.165) is 0 Å². The topological polar surface area (TPSA) is 0 Å². The molecule has 0 atom stereocenters. The van der Waals surface area contributed by atoms with Crippen LogP contribution in [-0.4, -0.2) is 0 Å². The van der Waals surface area contributed by atoms with Crippen molar-refractivity contribution in [1.82, 2.24) is 0 Å². The largest absolute Gasteiger partial charge is 0.107 e. The number of hydrogen-bond acceptors (Lipinski definition) is 0. The van der Waals surface area contributed by atoms with Crippen LogP contribution in [0.25, 0.3) is 0 Å². The van der Waals surface area contributed by atoms with Crippen molar-refractivity contribution in [3.63, 3.8) is 0 Å². The SMILES string of the molecule is C1=CCCCCC=C1.I.[Pd]. The van der Waals surface area contributed by atoms with Gasteiger partial charge in [0.1, 0.15) is 0 Å². The molecule has 0 fully saturated rings. The first-order chi connectivity index (χ1) is 4.00. The number of allylic oxidation sites excluding steroid dienone is 4. The molecule has 0 aromatic rings. The summed E-state index contributed by atoms with van der Waals surface area (Å²) in [6, 6.07) is 0. The summed E-state index contributed by atoms with van der Waals surface area (Å²) in [6.45, 7) is 0. The van der Waals surface area contributed by atoms with Gasteiger partial charge in [-0.25, -0.2) is 0 Å². The maximum atomic E-state index is 2.23. The Balaban J connectivity index is 0. The molecule has 0 amide bonds. The van der Waals surface area contributed by atoms with Crippen LogP contribution in [0, 0.1) is 0 Å². The smallest absolute Gasteiger partial charge is 0 e. The molecule has 0 aromatic carbocycles. The average molecular weight is 343 g/mol. The zero-order valence-electron chi connectivity index (χ0n) is 5.86. The Morgan fingerprint density at radius 3 is 1.60 bits per heavy atom. The predicted molar refractivity (Wildman–Crippen MR) is 52.2 cm³/mol. The minimum absolute atomic E-state index is 0. The van der Waals surface area contributed by atoms with E-state index < -0.39 is 0 Å². The Kier molecular flexibility index (Phi) is 13.3. The third-order valence-electron chi connectivity index (χ3n) is 1.37. The van der Waals surface area contributed by atoms with Gasteiger partial charge in [0.2, 0.25) is 0 Å². The monoisotopic (exact) mass is 342 g/mol. The van der Waals surface area contributed by atoms with Crippen molar-refractivity contribution < 1.29 is 20.4 Å². The van der Waals surface area contributed by atoms with E-state index in [1.165, 1.54) is 25.7 Å². The van der Waals surface area contributed by atoms with Crippen LogP contribution in [0.15, 0.2) is 24.3 Å². The van der Waals surface area contributed by atoms with E-state index in [0.29, 0.717) is 0 Å². The summed E-state index contributed by atoms with van der Waals surface area (Å²) >= 11 is 0. The summed E-state index contributed by atoms with van der Waals surface area (Å²) in [4.78, 5) is 0. The first kappa shape index (κ1) is 13.5. The summed E-state index contributed by atoms with van der Waals surface area (Å²) < 4.78 is 0. The molecule has 1 aliphatic rings. The van der Waals surface area contributed by atoms with Crippen molar-refractivity contribution in [2.24, 2.45) is 0 Å². The molecule has 0 aromatic heterocycles. The van der Waals surface area contributed by atoms with Crippen molar-refractivity contribution in [2.75, 3.05) is 0 Å². The Labute approximate surface area is 93.8 Å². The van der Waals surface area contributed by atoms with Gasteiger partial charge in [0.05, 0.1) is 0 Å². The molecular weight excluding hydrogens is 329 g/mol. The van der Waals surface area contributed by atoms with Crippen molar-refractivity contribution in [3.05, 3.63) is 24.3 Å². The molecule has 0 nitrogen and oxygen atoms in total. The van der Waals surface area contributed by atoms with Crippen LogP contribution in [0.1, 0.15) is 25.7 Å². The molecule has 0 radical (unpaired) electrons. The van der Waals surface area contributed by atoms with E-state index in [1.54, 1.807) is 0 Å². The van der Waals surface area contributed by atoms with Gasteiger partial charge in [-0.1, -0.05) is 24.3 Å². The van der Waals surface area contributed by atoms with E-state index in [9.17, 15) is 0 Å². The zero-order chi connectivity index (χ0) is 5.66. The molecule has 1 aliphatic carbocycles. The summed E-state index contributed by atoms with van der Waals surface area (Å²) in [5.41, 5.74) is 0. The molecule has 0 aliphatic heterocycles. The number of rotatable bonds is 0. The van der Waals surface area contributed by atoms with Crippen molar-refractivity contribution >= 4 is 24.0 Å². The van der Waals surface area contributed by atoms with E-state index >= 15 is 0 Å². The third-order valence-corrected chi connectivity index (χ3v) is 1.37. The van der Waals surface area contributed by atoms with E-state index in [2.05, 4.69) is 24.3 Å². The van der Waals surface area contributed by atoms with Crippen LogP contribution in [-0.2, 0) is 20.4 Å². The molecular formula is C8H13IPd. The number of halogens is 1. The average Bonchev–Trinajstić information content (AvgIpc) is 1.62. The van der Waals surface area contributed by atoms with Crippen LogP contribution in [0.3, 0.4) is 0 Å². The molecule has 0 bridgehead atoms. The van der Waals surface area contributed by atoms with Crippen molar-refractivity contribution in [1.29, 1.82) is 0 Å². The number of hydrogen-bond donors (Lipinski definition) is 0. The molecule has 1 rings (SSSR count). The molecule has 62 valence electrons. The van der Waals surface area contributed by atoms with Crippen molar-refractivity contribution in [2.45, 2.75) is 25.7 Å². The normalized spacial score (nSPS) is 16.0. The van der Waals surface area contributed by atoms with Crippen molar-refractivity contribution in [3.8, 4) is 0 Å². The summed E-state index contributed by atoms with van der Waals surface area (Å²) in [5, 5.41) is 0. The van der Waals surface area contributed by atoms with Gasteiger partial charge in [0, 0.05) is 20.4 Å². The fourth-order valence-electron chi connectivity index (χ4n) is 0.874. The maximum Gasteiger partial charge on any atom is 0 e. The first-order valence-corrected chi connectivity index (χ1v) is 3.32. The van der Waals surface area contributed by atoms with Gasteiger partial charge in [-0.3, -0.25) is 0 Å². The fraction of sp³-hybridized carbons (Fsp3) is 0.500. The summed E-state index contributed by atoms with van der Waals surface area (Å²) in [5.74, 6) is 0. The molecule has 0 unspecified atom stereocenters. The van der Waals surface area contributed by atoms with Gasteiger partial charge < -0.3 is 0 Å². The van der Waals surface area contributed by atoms with Crippen LogP contribution in [0.5, 0.6) is 0 Å². The van der Waals surface area contributed by atoms with Crippen LogP contribution < -0.4 is 0 Å². The van der Waals surface area contributed by atoms with Crippen LogP contribution in [0.2, 0.25) is 0 Å². The molecule has 0 saturated carbocycles. The van der Waals surface area contributed by atoms with Gasteiger partial charge >= 0.3 is 0 Å². The molecule has 0 N–H and O–H groups in total. The second kappa shape index (κ2) is 9.87. The predicted octanol–water partition coefficient (Wildman–Crippen LogP) is 3.29. The third kappa shape index (κ3) is 6.99. The quantitative estimate of drug-likeness (QED) is 0.468. The van der Waals surface area contributed by atoms with E-state index in [-0.39, 0.29) is 44.4 Å². The molecule has 0 spiro atoms. The second-order valence-corrected chi connectivity index (χ2v) is 2.14. The molecule has 2 heteroatoms. The Hall–Kier alpha value is 0.872. The van der Waals surface area contributed by atoms with E-state index in [1.807, 2.05) is 0 Å². The van der Waals surface area contributed by atoms with Gasteiger partial charge in [-0.05, 0) is 25.7 Å². The standard InChI is InChI=1S/C8H12.HI.Pd/c1-2-4-6-8-7-5-3-1;;/h1-4H,5-8H2;1H;. The maximum absolute atomic E-state index is 2.23. The Morgan fingerprint density at radius 2 is 1.20 bits per heavy atom. The zero-order valence-corrected chi connectivity index (χ0v) is 9.75.